The van der Waals surface area contributed by atoms with Gasteiger partial charge in [0, 0.05) is 16.5 Å². The van der Waals surface area contributed by atoms with Crippen LogP contribution in [0, 0.1) is 5.92 Å². The Morgan fingerprint density at radius 2 is 1.24 bits per heavy atom. The van der Waals surface area contributed by atoms with Crippen molar-refractivity contribution in [1.29, 1.82) is 0 Å². The molecule has 0 N–H and O–H groups in total. The molecule has 0 unspecified atom stereocenters. The first-order valence-electron chi connectivity index (χ1n) is 12.2. The molecule has 0 aliphatic rings. The molecule has 0 heterocycles. The fourth-order valence-electron chi connectivity index (χ4n) is 4.09. The Bertz CT molecular complexity index is 1360. The predicted molar refractivity (Wildman–Crippen MR) is 143 cm³/mol. The van der Waals surface area contributed by atoms with Gasteiger partial charge < -0.3 is 4.74 Å². The predicted octanol–water partition coefficient (Wildman–Crippen LogP) is 6.49. The van der Waals surface area contributed by atoms with E-state index in [1.54, 1.807) is 84.9 Å². The van der Waals surface area contributed by atoms with Gasteiger partial charge in [-0.15, -0.1) is 0 Å². The van der Waals surface area contributed by atoms with Crippen LogP contribution in [0.2, 0.25) is 0 Å². The molecule has 0 spiro atoms. The minimum Gasteiger partial charge on any atom is -0.449 e. The molecule has 4 aromatic carbocycles. The van der Waals surface area contributed by atoms with Gasteiger partial charge in [0.15, 0.2) is 17.5 Å². The molecule has 0 fully saturated rings. The van der Waals surface area contributed by atoms with Gasteiger partial charge in [0.05, 0.1) is 12.3 Å². The van der Waals surface area contributed by atoms with Crippen LogP contribution in [0.5, 0.6) is 0 Å². The van der Waals surface area contributed by atoms with E-state index in [2.05, 4.69) is 0 Å². The van der Waals surface area contributed by atoms with Crippen LogP contribution in [0.15, 0.2) is 103 Å². The van der Waals surface area contributed by atoms with Gasteiger partial charge in [-0.1, -0.05) is 110 Å². The second kappa shape index (κ2) is 11.9. The molecular formula is C31H27NO5. The topological polar surface area (TPSA) is 80.8 Å². The lowest BCUT2D eigenvalue weighted by molar-refractivity contribution is -0.119. The standard InChI is InChI=1S/C31H27NO5/c1-2-3-21-37-31(36)32(26-20-12-18-22-13-10-11-19-25(22)26)30(35)27(28(33)23-14-6-4-7-15-23)29(34)24-16-8-5-9-17-24/h4-20,27H,2-3,21H2,1H3. The fourth-order valence-corrected chi connectivity index (χ4v) is 4.09. The number of rotatable bonds is 9. The number of carbonyl (C=O) groups excluding carboxylic acids is 4. The molecule has 4 rings (SSSR count). The van der Waals surface area contributed by atoms with Gasteiger partial charge in [-0.3, -0.25) is 14.4 Å². The molecule has 186 valence electrons. The van der Waals surface area contributed by atoms with Crippen LogP contribution < -0.4 is 4.90 Å². The van der Waals surface area contributed by atoms with Crippen molar-refractivity contribution in [1.82, 2.24) is 0 Å². The summed E-state index contributed by atoms with van der Waals surface area (Å²) in [5.74, 6) is -4.11. The average molecular weight is 494 g/mol. The largest absolute Gasteiger partial charge is 0.449 e. The highest BCUT2D eigenvalue weighted by molar-refractivity contribution is 6.34. The number of Topliss-reactive ketones (excluding diaryl/α,β-unsaturated/α-hetero) is 2. The van der Waals surface area contributed by atoms with E-state index in [0.717, 1.165) is 16.7 Å². The zero-order chi connectivity index (χ0) is 26.2. The molecule has 0 aliphatic heterocycles. The second-order valence-electron chi connectivity index (χ2n) is 8.53. The minimum atomic E-state index is -1.78. The lowest BCUT2D eigenvalue weighted by Crippen LogP contribution is -2.47. The number of ether oxygens (including phenoxy) is 1. The molecule has 0 aromatic heterocycles. The van der Waals surface area contributed by atoms with Gasteiger partial charge in [-0.05, 0) is 17.9 Å². The summed E-state index contributed by atoms with van der Waals surface area (Å²) in [6.45, 7) is 2.06. The molecule has 0 radical (unpaired) electrons. The first kappa shape index (κ1) is 25.5. The monoisotopic (exact) mass is 493 g/mol. The Labute approximate surface area is 215 Å². The molecule has 6 heteroatoms. The van der Waals surface area contributed by atoms with Crippen molar-refractivity contribution in [2.24, 2.45) is 5.92 Å². The van der Waals surface area contributed by atoms with E-state index in [-0.39, 0.29) is 23.4 Å². The van der Waals surface area contributed by atoms with Gasteiger partial charge in [-0.2, -0.15) is 0 Å². The fraction of sp³-hybridized carbons (Fsp3) is 0.161. The number of amides is 2. The molecule has 37 heavy (non-hydrogen) atoms. The highest BCUT2D eigenvalue weighted by Crippen LogP contribution is 2.30. The van der Waals surface area contributed by atoms with Crippen LogP contribution in [0.1, 0.15) is 40.5 Å². The van der Waals surface area contributed by atoms with E-state index in [0.29, 0.717) is 11.8 Å². The number of carbonyl (C=O) groups is 4. The highest BCUT2D eigenvalue weighted by atomic mass is 16.6. The summed E-state index contributed by atoms with van der Waals surface area (Å²) in [6.07, 6.45) is 0.469. The van der Waals surface area contributed by atoms with E-state index in [1.165, 1.54) is 0 Å². The van der Waals surface area contributed by atoms with E-state index >= 15 is 0 Å². The molecule has 4 aromatic rings. The van der Waals surface area contributed by atoms with Crippen molar-refractivity contribution in [3.8, 4) is 0 Å². The average Bonchev–Trinajstić information content (AvgIpc) is 2.94. The van der Waals surface area contributed by atoms with Crippen LogP contribution >= 0.6 is 0 Å². The molecule has 6 nitrogen and oxygen atoms in total. The van der Waals surface area contributed by atoms with Crippen molar-refractivity contribution in [2.45, 2.75) is 19.8 Å². The van der Waals surface area contributed by atoms with E-state index in [1.807, 2.05) is 25.1 Å². The molecule has 0 bridgehead atoms. The van der Waals surface area contributed by atoms with Crippen LogP contribution in [0.3, 0.4) is 0 Å². The van der Waals surface area contributed by atoms with Crippen molar-refractivity contribution < 1.29 is 23.9 Å². The third kappa shape index (κ3) is 5.64. The van der Waals surface area contributed by atoms with Crippen molar-refractivity contribution in [3.63, 3.8) is 0 Å². The number of hydrogen-bond donors (Lipinski definition) is 0. The molecule has 0 saturated carbocycles. The Morgan fingerprint density at radius 1 is 0.703 bits per heavy atom. The maximum Gasteiger partial charge on any atom is 0.421 e. The quantitative estimate of drug-likeness (QED) is 0.151. The number of ketones is 2. The van der Waals surface area contributed by atoms with Crippen molar-refractivity contribution in [3.05, 3.63) is 114 Å². The zero-order valence-electron chi connectivity index (χ0n) is 20.5. The molecule has 2 amide bonds. The van der Waals surface area contributed by atoms with E-state index in [9.17, 15) is 19.2 Å². The van der Waals surface area contributed by atoms with Gasteiger partial charge in [0.2, 0.25) is 0 Å². The summed E-state index contributed by atoms with van der Waals surface area (Å²) in [5.41, 5.74) is 0.640. The van der Waals surface area contributed by atoms with Crippen LogP contribution in [0.25, 0.3) is 10.8 Å². The summed E-state index contributed by atoms with van der Waals surface area (Å²) < 4.78 is 5.43. The lowest BCUT2D eigenvalue weighted by atomic mass is 9.88. The Kier molecular flexibility index (Phi) is 8.21. The normalized spacial score (nSPS) is 10.8. The van der Waals surface area contributed by atoms with Crippen LogP contribution in [-0.4, -0.2) is 30.2 Å². The third-order valence-corrected chi connectivity index (χ3v) is 6.02. The maximum absolute atomic E-state index is 14.2. The number of nitrogens with zero attached hydrogens (tertiary/aromatic N) is 1. The highest BCUT2D eigenvalue weighted by Gasteiger charge is 2.41. The minimum absolute atomic E-state index is 0.105. The number of unbranched alkanes of at least 4 members (excludes halogenated alkanes) is 1. The number of anilines is 1. The SMILES string of the molecule is CCCCOC(=O)N(C(=O)C(C(=O)c1ccccc1)C(=O)c1ccccc1)c1cccc2ccccc12. The Hall–Kier alpha value is -4.58. The maximum atomic E-state index is 14.2. The number of fused-ring (bicyclic) bond motifs is 1. The second-order valence-corrected chi connectivity index (χ2v) is 8.53. The summed E-state index contributed by atoms with van der Waals surface area (Å²) in [4.78, 5) is 55.7. The number of hydrogen-bond acceptors (Lipinski definition) is 5. The molecule has 0 atom stereocenters. The van der Waals surface area contributed by atoms with Crippen LogP contribution in [-0.2, 0) is 9.53 Å². The van der Waals surface area contributed by atoms with E-state index < -0.39 is 29.5 Å². The first-order chi connectivity index (χ1) is 18.0. The van der Waals surface area contributed by atoms with Crippen molar-refractivity contribution in [2.75, 3.05) is 11.5 Å². The first-order valence-corrected chi connectivity index (χ1v) is 12.2. The lowest BCUT2D eigenvalue weighted by Gasteiger charge is -2.25. The van der Waals surface area contributed by atoms with Crippen LogP contribution in [0.4, 0.5) is 10.5 Å². The summed E-state index contributed by atoms with van der Waals surface area (Å²) >= 11 is 0. The van der Waals surface area contributed by atoms with Gasteiger partial charge >= 0.3 is 6.09 Å². The molecule has 0 saturated heterocycles. The number of benzene rings is 4. The van der Waals surface area contributed by atoms with Gasteiger partial charge in [-0.25, -0.2) is 9.69 Å². The Balaban J connectivity index is 1.85. The molecular weight excluding hydrogens is 466 g/mol. The van der Waals surface area contributed by atoms with Gasteiger partial charge in [0.25, 0.3) is 5.91 Å². The van der Waals surface area contributed by atoms with Crippen molar-refractivity contribution >= 4 is 40.0 Å². The van der Waals surface area contributed by atoms with Gasteiger partial charge in [0.1, 0.15) is 0 Å². The smallest absolute Gasteiger partial charge is 0.421 e. The summed E-state index contributed by atoms with van der Waals surface area (Å²) in [7, 11) is 0. The zero-order valence-corrected chi connectivity index (χ0v) is 20.5. The molecule has 0 aliphatic carbocycles. The summed E-state index contributed by atoms with van der Waals surface area (Å²) in [5, 5.41) is 1.41. The Morgan fingerprint density at radius 3 is 1.84 bits per heavy atom. The third-order valence-electron chi connectivity index (χ3n) is 6.02. The number of imide groups is 1. The summed E-state index contributed by atoms with van der Waals surface area (Å²) in [6, 6.07) is 28.7. The van der Waals surface area contributed by atoms with E-state index in [4.69, 9.17) is 4.74 Å².